The molecule has 0 saturated carbocycles. The average Bonchev–Trinajstić information content (AvgIpc) is 2.66. The van der Waals surface area contributed by atoms with Gasteiger partial charge in [0.25, 0.3) is 0 Å². The van der Waals surface area contributed by atoms with Gasteiger partial charge in [0.15, 0.2) is 0 Å². The molecule has 0 aromatic heterocycles. The third-order valence-corrected chi connectivity index (χ3v) is 5.90. The fraction of sp³-hybridized carbons (Fsp3) is 0.400. The molecule has 0 radical (unpaired) electrons. The molecule has 2 atom stereocenters. The van der Waals surface area contributed by atoms with Crippen molar-refractivity contribution < 1.29 is 10.2 Å². The van der Waals surface area contributed by atoms with Crippen LogP contribution >= 0.6 is 0 Å². The van der Waals surface area contributed by atoms with Crippen LogP contribution in [0.25, 0.3) is 11.6 Å². The first-order chi connectivity index (χ1) is 10.8. The predicted octanol–water partition coefficient (Wildman–Crippen LogP) is 3.96. The first-order valence-electron chi connectivity index (χ1n) is 8.40. The summed E-state index contributed by atoms with van der Waals surface area (Å²) in [7, 11) is -1.53. The van der Waals surface area contributed by atoms with Crippen LogP contribution in [0.2, 0.25) is 19.6 Å². The molecule has 0 bridgehead atoms. The molecule has 1 aromatic carbocycles. The molecule has 2 N–H and O–H groups in total. The average molecular weight is 327 g/mol. The molecule has 23 heavy (non-hydrogen) atoms. The second-order valence-corrected chi connectivity index (χ2v) is 12.7. The molecule has 3 heteroatoms. The lowest BCUT2D eigenvalue weighted by atomic mass is 9.90. The quantitative estimate of drug-likeness (QED) is 0.808. The van der Waals surface area contributed by atoms with Gasteiger partial charge in [0.05, 0.1) is 8.07 Å². The summed E-state index contributed by atoms with van der Waals surface area (Å²) >= 11 is 0. The Hall–Kier alpha value is -1.42. The van der Waals surface area contributed by atoms with Gasteiger partial charge in [0.1, 0.15) is 12.2 Å². The van der Waals surface area contributed by atoms with Crippen LogP contribution in [-0.4, -0.2) is 30.5 Å². The van der Waals surface area contributed by atoms with Crippen LogP contribution in [0.3, 0.4) is 0 Å². The van der Waals surface area contributed by atoms with Crippen molar-refractivity contribution in [2.75, 3.05) is 0 Å². The largest absolute Gasteiger partial charge is 0.386 e. The smallest absolute Gasteiger partial charge is 0.109 e. The molecular weight excluding hydrogens is 300 g/mol. The molecule has 3 rings (SSSR count). The summed E-state index contributed by atoms with van der Waals surface area (Å²) in [4.78, 5) is 0. The molecule has 0 aliphatic heterocycles. The second kappa shape index (κ2) is 5.89. The van der Waals surface area contributed by atoms with Crippen LogP contribution in [-0.2, 0) is 6.42 Å². The Morgan fingerprint density at radius 1 is 1.13 bits per heavy atom. The van der Waals surface area contributed by atoms with Gasteiger partial charge in [0.2, 0.25) is 0 Å². The van der Waals surface area contributed by atoms with E-state index in [9.17, 15) is 10.2 Å². The zero-order valence-corrected chi connectivity index (χ0v) is 15.3. The van der Waals surface area contributed by atoms with Crippen molar-refractivity contribution in [3.63, 3.8) is 0 Å². The molecule has 2 nitrogen and oxygen atoms in total. The topological polar surface area (TPSA) is 40.5 Å². The first kappa shape index (κ1) is 16.4. The molecule has 0 unspecified atom stereocenters. The zero-order chi connectivity index (χ0) is 16.8. The number of hydrogen-bond donors (Lipinski definition) is 2. The second-order valence-electron chi connectivity index (χ2n) is 7.69. The van der Waals surface area contributed by atoms with Gasteiger partial charge < -0.3 is 10.2 Å². The molecule has 0 heterocycles. The fourth-order valence-electron chi connectivity index (χ4n) is 3.82. The Balaban J connectivity index is 2.30. The van der Waals surface area contributed by atoms with Gasteiger partial charge in [-0.25, -0.2) is 0 Å². The van der Waals surface area contributed by atoms with Gasteiger partial charge in [-0.05, 0) is 52.7 Å². The highest BCUT2D eigenvalue weighted by Gasteiger charge is 2.39. The van der Waals surface area contributed by atoms with Crippen molar-refractivity contribution in [3.8, 4) is 0 Å². The van der Waals surface area contributed by atoms with Crippen LogP contribution in [0, 0.1) is 0 Å². The Labute approximate surface area is 139 Å². The lowest BCUT2D eigenvalue weighted by Gasteiger charge is -2.20. The summed E-state index contributed by atoms with van der Waals surface area (Å²) in [6.07, 6.45) is 3.19. The lowest BCUT2D eigenvalue weighted by Crippen LogP contribution is -2.26. The summed E-state index contributed by atoms with van der Waals surface area (Å²) in [6.45, 7) is 10.7. The first-order valence-corrected chi connectivity index (χ1v) is 12.0. The number of fused-ring (bicyclic) bond motifs is 2. The minimum atomic E-state index is -1.53. The van der Waals surface area contributed by atoms with E-state index >= 15 is 0 Å². The van der Waals surface area contributed by atoms with Crippen LogP contribution in [0.5, 0.6) is 0 Å². The Morgan fingerprint density at radius 3 is 2.52 bits per heavy atom. The third-order valence-electron chi connectivity index (χ3n) is 4.72. The van der Waals surface area contributed by atoms with E-state index in [4.69, 9.17) is 0 Å². The van der Waals surface area contributed by atoms with Crippen molar-refractivity contribution in [2.24, 2.45) is 0 Å². The van der Waals surface area contributed by atoms with Gasteiger partial charge in [0, 0.05) is 0 Å². The summed E-state index contributed by atoms with van der Waals surface area (Å²) in [5.74, 6) is 0. The molecule has 0 spiro atoms. The summed E-state index contributed by atoms with van der Waals surface area (Å²) in [5.41, 5.74) is 8.86. The van der Waals surface area contributed by atoms with E-state index in [1.165, 1.54) is 11.1 Å². The van der Waals surface area contributed by atoms with Crippen molar-refractivity contribution >= 4 is 19.7 Å². The number of aliphatic hydroxyl groups is 2. The maximum absolute atomic E-state index is 10.7. The van der Waals surface area contributed by atoms with Gasteiger partial charge in [-0.3, -0.25) is 0 Å². The standard InChI is InChI=1S/C20H26O2Si/c1-5-13-8-6-9-14-10-7-11-15-18(17(13)14)16(12-23(2,3)4)20(22)19(15)21/h5-6,8-9,12,19-22H,1,7,10-11H2,2-4H3/b16-12-/t19-,20+/m0/s1. The lowest BCUT2D eigenvalue weighted by molar-refractivity contribution is 0.0741. The third kappa shape index (κ3) is 2.89. The van der Waals surface area contributed by atoms with E-state index in [1.807, 2.05) is 6.08 Å². The summed E-state index contributed by atoms with van der Waals surface area (Å²) in [5, 5.41) is 21.3. The molecule has 2 aliphatic carbocycles. The zero-order valence-electron chi connectivity index (χ0n) is 14.3. The Kier molecular flexibility index (Phi) is 4.21. The van der Waals surface area contributed by atoms with E-state index in [2.05, 4.69) is 50.1 Å². The number of aryl methyl sites for hydroxylation is 1. The number of benzene rings is 1. The molecule has 2 aliphatic rings. The highest BCUT2D eigenvalue weighted by molar-refractivity contribution is 6.81. The fourth-order valence-corrected chi connectivity index (χ4v) is 5.06. The normalized spacial score (nSPS) is 26.0. The van der Waals surface area contributed by atoms with Crippen molar-refractivity contribution in [1.29, 1.82) is 0 Å². The van der Waals surface area contributed by atoms with Crippen LogP contribution < -0.4 is 0 Å². The molecule has 0 fully saturated rings. The predicted molar refractivity (Wildman–Crippen MR) is 99.8 cm³/mol. The minimum absolute atomic E-state index is 0.767. The monoisotopic (exact) mass is 326 g/mol. The Bertz CT molecular complexity index is 707. The molecular formula is C20H26O2Si. The van der Waals surface area contributed by atoms with E-state index in [0.717, 1.165) is 41.5 Å². The molecule has 122 valence electrons. The van der Waals surface area contributed by atoms with E-state index in [1.54, 1.807) is 0 Å². The molecule has 0 saturated heterocycles. The van der Waals surface area contributed by atoms with Gasteiger partial charge in [-0.15, -0.1) is 0 Å². The molecule has 0 amide bonds. The van der Waals surface area contributed by atoms with Crippen molar-refractivity contribution in [1.82, 2.24) is 0 Å². The maximum atomic E-state index is 10.7. The highest BCUT2D eigenvalue weighted by atomic mass is 28.3. The van der Waals surface area contributed by atoms with E-state index in [-0.39, 0.29) is 0 Å². The highest BCUT2D eigenvalue weighted by Crippen LogP contribution is 2.46. The van der Waals surface area contributed by atoms with Gasteiger partial charge >= 0.3 is 0 Å². The SMILES string of the molecule is C=Cc1cccc2c1C1=C(CCC2)[C@H](O)[C@H](O)/C1=C\[Si](C)(C)C. The summed E-state index contributed by atoms with van der Waals surface area (Å²) < 4.78 is 0. The van der Waals surface area contributed by atoms with Crippen LogP contribution in [0.1, 0.15) is 29.5 Å². The molecule has 1 aromatic rings. The van der Waals surface area contributed by atoms with Gasteiger partial charge in [-0.1, -0.05) is 56.2 Å². The Morgan fingerprint density at radius 2 is 1.87 bits per heavy atom. The van der Waals surface area contributed by atoms with Crippen molar-refractivity contribution in [3.05, 3.63) is 58.3 Å². The van der Waals surface area contributed by atoms with Crippen molar-refractivity contribution in [2.45, 2.75) is 51.1 Å². The van der Waals surface area contributed by atoms with Crippen LogP contribution in [0.15, 0.2) is 41.6 Å². The number of rotatable bonds is 2. The minimum Gasteiger partial charge on any atom is -0.386 e. The van der Waals surface area contributed by atoms with E-state index < -0.39 is 20.3 Å². The van der Waals surface area contributed by atoms with Crippen LogP contribution in [0.4, 0.5) is 0 Å². The number of aliphatic hydroxyl groups excluding tert-OH is 2. The van der Waals surface area contributed by atoms with E-state index in [0.29, 0.717) is 0 Å². The summed E-state index contributed by atoms with van der Waals surface area (Å²) in [6, 6.07) is 6.32. The van der Waals surface area contributed by atoms with Gasteiger partial charge in [-0.2, -0.15) is 0 Å². The number of hydrogen-bond acceptors (Lipinski definition) is 2. The maximum Gasteiger partial charge on any atom is 0.109 e.